The summed E-state index contributed by atoms with van der Waals surface area (Å²) in [6.07, 6.45) is 6.98. The molecule has 1 aliphatic rings. The highest BCUT2D eigenvalue weighted by atomic mass is 32.2. The smallest absolute Gasteiger partial charge is 0.338 e. The van der Waals surface area contributed by atoms with Crippen molar-refractivity contribution in [2.24, 2.45) is 0 Å². The van der Waals surface area contributed by atoms with Gasteiger partial charge in [-0.25, -0.2) is 4.79 Å². The zero-order valence-electron chi connectivity index (χ0n) is 15.8. The largest absolute Gasteiger partial charge is 0.462 e. The third kappa shape index (κ3) is 4.69. The van der Waals surface area contributed by atoms with Gasteiger partial charge in [-0.05, 0) is 44.5 Å². The molecule has 0 bridgehead atoms. The van der Waals surface area contributed by atoms with E-state index in [1.165, 1.54) is 11.8 Å². The summed E-state index contributed by atoms with van der Waals surface area (Å²) in [6.45, 7) is 4.85. The Hall–Kier alpha value is -2.87. The minimum Gasteiger partial charge on any atom is -0.462 e. The van der Waals surface area contributed by atoms with Gasteiger partial charge in [-0.3, -0.25) is 4.79 Å². The van der Waals surface area contributed by atoms with Gasteiger partial charge in [-0.1, -0.05) is 30.0 Å². The Morgan fingerprint density at radius 2 is 2.00 bits per heavy atom. The number of ether oxygens (including phenoxy) is 1. The van der Waals surface area contributed by atoms with Crippen LogP contribution in [0.5, 0.6) is 0 Å². The van der Waals surface area contributed by atoms with E-state index in [1.807, 2.05) is 23.6 Å². The van der Waals surface area contributed by atoms with E-state index < -0.39 is 0 Å². The van der Waals surface area contributed by atoms with Gasteiger partial charge in [0.05, 0.1) is 17.9 Å². The van der Waals surface area contributed by atoms with Gasteiger partial charge in [0.25, 0.3) is 0 Å². The van der Waals surface area contributed by atoms with Crippen LogP contribution in [0.2, 0.25) is 0 Å². The van der Waals surface area contributed by atoms with Gasteiger partial charge in [0.2, 0.25) is 5.91 Å². The number of hydrogen-bond donors (Lipinski definition) is 1. The second-order valence-electron chi connectivity index (χ2n) is 6.01. The summed E-state index contributed by atoms with van der Waals surface area (Å²) in [5.41, 5.74) is 2.21. The molecule has 0 atom stereocenters. The number of esters is 1. The summed E-state index contributed by atoms with van der Waals surface area (Å²) in [4.78, 5) is 23.9. The summed E-state index contributed by atoms with van der Waals surface area (Å²) < 4.78 is 6.96. The molecule has 8 heteroatoms. The normalized spacial score (nSPS) is 12.7. The number of rotatable bonds is 8. The van der Waals surface area contributed by atoms with Gasteiger partial charge in [-0.15, -0.1) is 10.2 Å². The van der Waals surface area contributed by atoms with Crippen molar-refractivity contribution >= 4 is 34.9 Å². The van der Waals surface area contributed by atoms with Crippen LogP contribution in [0, 0.1) is 0 Å². The predicted octanol–water partition coefficient (Wildman–Crippen LogP) is 3.55. The molecule has 0 spiro atoms. The lowest BCUT2D eigenvalue weighted by molar-refractivity contribution is -0.113. The molecular formula is C20H22N4O3S. The fourth-order valence-electron chi connectivity index (χ4n) is 2.76. The van der Waals surface area contributed by atoms with Crippen molar-refractivity contribution in [1.82, 2.24) is 14.8 Å². The molecule has 3 rings (SSSR count). The number of carbonyl (C=O) groups excluding carboxylic acids is 2. The van der Waals surface area contributed by atoms with E-state index in [1.54, 1.807) is 31.2 Å². The second kappa shape index (κ2) is 9.36. The van der Waals surface area contributed by atoms with Gasteiger partial charge >= 0.3 is 5.97 Å². The maximum atomic E-state index is 12.3. The molecule has 2 aromatic rings. The number of benzene rings is 1. The van der Waals surface area contributed by atoms with Crippen LogP contribution in [0.3, 0.4) is 0 Å². The lowest BCUT2D eigenvalue weighted by Crippen LogP contribution is -2.15. The molecule has 7 nitrogen and oxygen atoms in total. The molecule has 1 heterocycles. The summed E-state index contributed by atoms with van der Waals surface area (Å²) in [5.74, 6) is 0.542. The van der Waals surface area contributed by atoms with E-state index in [4.69, 9.17) is 4.74 Å². The van der Waals surface area contributed by atoms with Crippen molar-refractivity contribution in [2.45, 2.75) is 32.0 Å². The Morgan fingerprint density at radius 1 is 1.21 bits per heavy atom. The first kappa shape index (κ1) is 19.9. The first-order chi connectivity index (χ1) is 13.6. The van der Waals surface area contributed by atoms with Gasteiger partial charge < -0.3 is 14.6 Å². The second-order valence-corrected chi connectivity index (χ2v) is 6.95. The summed E-state index contributed by atoms with van der Waals surface area (Å²) in [5, 5.41) is 12.1. The number of aromatic nitrogens is 3. The van der Waals surface area contributed by atoms with Crippen LogP contribution in [-0.4, -0.2) is 39.0 Å². The number of thioether (sulfide) groups is 1. The lowest BCUT2D eigenvalue weighted by Gasteiger charge is -2.08. The Morgan fingerprint density at radius 3 is 2.64 bits per heavy atom. The van der Waals surface area contributed by atoms with Crippen LogP contribution in [0.1, 0.15) is 36.5 Å². The fourth-order valence-corrected chi connectivity index (χ4v) is 3.56. The molecule has 0 fully saturated rings. The maximum Gasteiger partial charge on any atom is 0.338 e. The molecule has 0 saturated carbocycles. The maximum absolute atomic E-state index is 12.3. The van der Waals surface area contributed by atoms with Gasteiger partial charge in [0.15, 0.2) is 11.0 Å². The predicted molar refractivity (Wildman–Crippen MR) is 109 cm³/mol. The minimum atomic E-state index is -0.377. The van der Waals surface area contributed by atoms with E-state index in [9.17, 15) is 9.59 Å². The third-order valence-corrected chi connectivity index (χ3v) is 5.07. The van der Waals surface area contributed by atoms with Crippen LogP contribution < -0.4 is 5.32 Å². The first-order valence-corrected chi connectivity index (χ1v) is 10.1. The molecule has 0 unspecified atom stereocenters. The van der Waals surface area contributed by atoms with Crippen molar-refractivity contribution in [3.63, 3.8) is 0 Å². The van der Waals surface area contributed by atoms with Crippen molar-refractivity contribution in [3.8, 4) is 0 Å². The number of anilines is 1. The average molecular weight is 398 g/mol. The molecule has 1 aromatic heterocycles. The summed E-state index contributed by atoms with van der Waals surface area (Å²) in [7, 11) is 0. The highest BCUT2D eigenvalue weighted by Crippen LogP contribution is 2.26. The average Bonchev–Trinajstić information content (AvgIpc) is 3.36. The SMILES string of the molecule is CCOC(=O)c1ccc(NC(=O)CSc2nnc(C3=CC=CC3)n2CC)cc1. The number of hydrogen-bond acceptors (Lipinski definition) is 6. The van der Waals surface area contributed by atoms with E-state index >= 15 is 0 Å². The molecule has 0 aliphatic heterocycles. The number of amides is 1. The minimum absolute atomic E-state index is 0.150. The fraction of sp³-hybridized carbons (Fsp3) is 0.300. The molecule has 1 N–H and O–H groups in total. The third-order valence-electron chi connectivity index (χ3n) is 4.10. The van der Waals surface area contributed by atoms with E-state index in [2.05, 4.69) is 21.6 Å². The van der Waals surface area contributed by atoms with E-state index in [0.29, 0.717) is 17.9 Å². The Bertz CT molecular complexity index is 916. The van der Waals surface area contributed by atoms with Crippen LogP contribution in [-0.2, 0) is 16.1 Å². The van der Waals surface area contributed by atoms with Crippen molar-refractivity contribution < 1.29 is 14.3 Å². The molecule has 28 heavy (non-hydrogen) atoms. The molecule has 146 valence electrons. The van der Waals surface area contributed by atoms with Crippen LogP contribution in [0.4, 0.5) is 5.69 Å². The highest BCUT2D eigenvalue weighted by molar-refractivity contribution is 7.99. The monoisotopic (exact) mass is 398 g/mol. The molecule has 1 aromatic carbocycles. The molecule has 0 radical (unpaired) electrons. The topological polar surface area (TPSA) is 86.1 Å². The van der Waals surface area contributed by atoms with Crippen molar-refractivity contribution in [3.05, 3.63) is 53.9 Å². The Balaban J connectivity index is 1.57. The van der Waals surface area contributed by atoms with Crippen LogP contribution >= 0.6 is 11.8 Å². The molecule has 1 aliphatic carbocycles. The summed E-state index contributed by atoms with van der Waals surface area (Å²) in [6, 6.07) is 6.62. The molecular weight excluding hydrogens is 376 g/mol. The Labute approximate surface area is 167 Å². The van der Waals surface area contributed by atoms with Gasteiger partial charge in [0, 0.05) is 17.8 Å². The number of allylic oxidation sites excluding steroid dienone is 4. The standard InChI is InChI=1S/C20H22N4O3S/c1-3-24-18(14-7-5-6-8-14)22-23-20(24)28-13-17(25)21-16-11-9-15(10-12-16)19(26)27-4-2/h5-7,9-12H,3-4,8,13H2,1-2H3,(H,21,25). The first-order valence-electron chi connectivity index (χ1n) is 9.11. The lowest BCUT2D eigenvalue weighted by atomic mass is 10.2. The van der Waals surface area contributed by atoms with Gasteiger partial charge in [-0.2, -0.15) is 0 Å². The van der Waals surface area contributed by atoms with Crippen LogP contribution in [0.15, 0.2) is 47.6 Å². The number of nitrogens with one attached hydrogen (secondary N) is 1. The van der Waals surface area contributed by atoms with E-state index in [0.717, 1.165) is 29.5 Å². The number of carbonyl (C=O) groups is 2. The molecule has 0 saturated heterocycles. The van der Waals surface area contributed by atoms with Gasteiger partial charge in [0.1, 0.15) is 0 Å². The number of nitrogens with zero attached hydrogens (tertiary/aromatic N) is 3. The van der Waals surface area contributed by atoms with E-state index in [-0.39, 0.29) is 17.6 Å². The zero-order valence-corrected chi connectivity index (χ0v) is 16.7. The summed E-state index contributed by atoms with van der Waals surface area (Å²) >= 11 is 1.35. The molecule has 1 amide bonds. The van der Waals surface area contributed by atoms with Crippen molar-refractivity contribution in [2.75, 3.05) is 17.7 Å². The quantitative estimate of drug-likeness (QED) is 0.541. The van der Waals surface area contributed by atoms with Crippen molar-refractivity contribution in [1.29, 1.82) is 0 Å². The zero-order chi connectivity index (χ0) is 19.9. The Kier molecular flexibility index (Phi) is 6.65. The van der Waals surface area contributed by atoms with Crippen LogP contribution in [0.25, 0.3) is 5.57 Å². The highest BCUT2D eigenvalue weighted by Gasteiger charge is 2.16.